The highest BCUT2D eigenvalue weighted by molar-refractivity contribution is 6.63. The van der Waals surface area contributed by atoms with Crippen molar-refractivity contribution in [2.24, 2.45) is 0 Å². The zero-order chi connectivity index (χ0) is 25.1. The lowest BCUT2D eigenvalue weighted by Crippen LogP contribution is -2.41. The van der Waals surface area contributed by atoms with Crippen molar-refractivity contribution < 1.29 is 23.6 Å². The zero-order valence-corrected chi connectivity index (χ0v) is 21.0. The summed E-state index contributed by atoms with van der Waals surface area (Å²) in [6, 6.07) is 23.0. The van der Waals surface area contributed by atoms with Crippen LogP contribution >= 0.6 is 0 Å². The fourth-order valence-electron chi connectivity index (χ4n) is 3.78. The molecule has 7 heteroatoms. The van der Waals surface area contributed by atoms with Crippen LogP contribution in [0.25, 0.3) is 0 Å². The molecule has 0 saturated carbocycles. The number of hydrogen-bond acceptors (Lipinski definition) is 5. The predicted octanol–water partition coefficient (Wildman–Crippen LogP) is 4.96. The minimum atomic E-state index is -0.627. The standard InChI is InChI=1S/C28H32BNO5/c1-27(2)28(3,4)35-29(34-27)24-17-22(13-16-25(24)32-5)26(31)30-23-14-11-21(12-15-23)19-33-18-20-9-7-6-8-10-20/h6-17H,18-19H2,1-5H3,(H,30,31). The van der Waals surface area contributed by atoms with E-state index in [2.05, 4.69) is 5.32 Å². The van der Waals surface area contributed by atoms with E-state index in [0.29, 0.717) is 35.7 Å². The lowest BCUT2D eigenvalue weighted by atomic mass is 9.77. The topological polar surface area (TPSA) is 66.0 Å². The van der Waals surface area contributed by atoms with Crippen LogP contribution in [0.5, 0.6) is 5.75 Å². The largest absolute Gasteiger partial charge is 0.498 e. The normalized spacial score (nSPS) is 16.2. The Bertz CT molecular complexity index is 1150. The van der Waals surface area contributed by atoms with Crippen LogP contribution in [-0.2, 0) is 27.3 Å². The molecule has 3 aromatic carbocycles. The first-order valence-corrected chi connectivity index (χ1v) is 11.7. The molecule has 1 amide bonds. The SMILES string of the molecule is COc1ccc(C(=O)Nc2ccc(COCc3ccccc3)cc2)cc1B1OC(C)(C)C(C)(C)O1. The van der Waals surface area contributed by atoms with Gasteiger partial charge in [0.15, 0.2) is 0 Å². The average molecular weight is 473 g/mol. The fraction of sp³-hybridized carbons (Fsp3) is 0.321. The van der Waals surface area contributed by atoms with Gasteiger partial charge in [-0.05, 0) is 69.2 Å². The van der Waals surface area contributed by atoms with E-state index in [1.54, 1.807) is 25.3 Å². The van der Waals surface area contributed by atoms with Gasteiger partial charge in [0.2, 0.25) is 0 Å². The number of benzene rings is 3. The molecule has 1 aliphatic heterocycles. The molecule has 0 aromatic heterocycles. The van der Waals surface area contributed by atoms with Crippen molar-refractivity contribution in [1.82, 2.24) is 0 Å². The summed E-state index contributed by atoms with van der Waals surface area (Å²) >= 11 is 0. The van der Waals surface area contributed by atoms with Gasteiger partial charge in [-0.25, -0.2) is 0 Å². The minimum absolute atomic E-state index is 0.224. The monoisotopic (exact) mass is 473 g/mol. The molecule has 182 valence electrons. The number of nitrogens with one attached hydrogen (secondary N) is 1. The van der Waals surface area contributed by atoms with Crippen LogP contribution in [-0.4, -0.2) is 31.3 Å². The lowest BCUT2D eigenvalue weighted by Gasteiger charge is -2.32. The molecule has 0 radical (unpaired) electrons. The molecule has 0 spiro atoms. The summed E-state index contributed by atoms with van der Waals surface area (Å²) in [5.74, 6) is 0.387. The van der Waals surface area contributed by atoms with Crippen molar-refractivity contribution in [3.63, 3.8) is 0 Å². The number of hydrogen-bond donors (Lipinski definition) is 1. The van der Waals surface area contributed by atoms with Crippen molar-refractivity contribution >= 4 is 24.2 Å². The predicted molar refractivity (Wildman–Crippen MR) is 138 cm³/mol. The molecule has 3 aromatic rings. The first-order valence-electron chi connectivity index (χ1n) is 11.7. The second-order valence-corrected chi connectivity index (χ2v) is 9.67. The van der Waals surface area contributed by atoms with Crippen molar-refractivity contribution in [3.8, 4) is 5.75 Å². The average Bonchev–Trinajstić information content (AvgIpc) is 3.07. The van der Waals surface area contributed by atoms with E-state index in [-0.39, 0.29) is 5.91 Å². The Balaban J connectivity index is 1.40. The summed E-state index contributed by atoms with van der Waals surface area (Å²) in [6.45, 7) is 9.03. The van der Waals surface area contributed by atoms with Crippen LogP contribution in [0.3, 0.4) is 0 Å². The van der Waals surface area contributed by atoms with Gasteiger partial charge in [-0.15, -0.1) is 0 Å². The van der Waals surface area contributed by atoms with Gasteiger partial charge in [-0.1, -0.05) is 42.5 Å². The molecule has 1 fully saturated rings. The van der Waals surface area contributed by atoms with Gasteiger partial charge in [0.1, 0.15) is 5.75 Å². The van der Waals surface area contributed by atoms with Crippen LogP contribution in [0.4, 0.5) is 5.69 Å². The van der Waals surface area contributed by atoms with Gasteiger partial charge in [-0.3, -0.25) is 4.79 Å². The molecule has 1 N–H and O–H groups in total. The number of carbonyl (C=O) groups excluding carboxylic acids is 1. The third kappa shape index (κ3) is 5.76. The van der Waals surface area contributed by atoms with Crippen LogP contribution < -0.4 is 15.5 Å². The number of amides is 1. The van der Waals surface area contributed by atoms with E-state index in [9.17, 15) is 4.79 Å². The first-order chi connectivity index (χ1) is 16.7. The Morgan fingerprint density at radius 1 is 0.857 bits per heavy atom. The van der Waals surface area contributed by atoms with Crippen molar-refractivity contribution in [2.45, 2.75) is 52.1 Å². The van der Waals surface area contributed by atoms with Crippen LogP contribution in [0.2, 0.25) is 0 Å². The smallest absolute Gasteiger partial charge is 0.497 e. The molecule has 35 heavy (non-hydrogen) atoms. The maximum absolute atomic E-state index is 13.0. The Morgan fingerprint density at radius 3 is 2.06 bits per heavy atom. The van der Waals surface area contributed by atoms with Gasteiger partial charge in [0, 0.05) is 16.7 Å². The van der Waals surface area contributed by atoms with E-state index in [4.69, 9.17) is 18.8 Å². The third-order valence-electron chi connectivity index (χ3n) is 6.59. The Kier molecular flexibility index (Phi) is 7.31. The molecular weight excluding hydrogens is 441 g/mol. The fourth-order valence-corrected chi connectivity index (χ4v) is 3.78. The van der Waals surface area contributed by atoms with Crippen molar-refractivity contribution in [3.05, 3.63) is 89.5 Å². The Morgan fingerprint density at radius 2 is 1.46 bits per heavy atom. The van der Waals surface area contributed by atoms with Gasteiger partial charge in [0.05, 0.1) is 31.5 Å². The number of methoxy groups -OCH3 is 1. The molecule has 0 unspecified atom stereocenters. The minimum Gasteiger partial charge on any atom is -0.497 e. The molecule has 0 bridgehead atoms. The summed E-state index contributed by atoms with van der Waals surface area (Å²) in [5, 5.41) is 2.95. The van der Waals surface area contributed by atoms with Gasteiger partial charge < -0.3 is 24.1 Å². The van der Waals surface area contributed by atoms with Gasteiger partial charge in [0.25, 0.3) is 5.91 Å². The first kappa shape index (κ1) is 25.0. The number of ether oxygens (including phenoxy) is 2. The number of anilines is 1. The zero-order valence-electron chi connectivity index (χ0n) is 21.0. The third-order valence-corrected chi connectivity index (χ3v) is 6.59. The Hall–Kier alpha value is -3.13. The van der Waals surface area contributed by atoms with Crippen molar-refractivity contribution in [1.29, 1.82) is 0 Å². The Labute approximate surface area is 207 Å². The van der Waals surface area contributed by atoms with Crippen LogP contribution in [0, 0.1) is 0 Å². The summed E-state index contributed by atoms with van der Waals surface area (Å²) in [5.41, 5.74) is 3.06. The van der Waals surface area contributed by atoms with E-state index < -0.39 is 18.3 Å². The molecule has 1 aliphatic rings. The molecule has 0 aliphatic carbocycles. The van der Waals surface area contributed by atoms with E-state index in [1.165, 1.54) is 0 Å². The second kappa shape index (κ2) is 10.2. The molecule has 1 saturated heterocycles. The van der Waals surface area contributed by atoms with Crippen LogP contribution in [0.1, 0.15) is 49.2 Å². The summed E-state index contributed by atoms with van der Waals surface area (Å²) < 4.78 is 23.7. The van der Waals surface area contributed by atoms with Crippen LogP contribution in [0.15, 0.2) is 72.8 Å². The number of carbonyl (C=O) groups is 1. The van der Waals surface area contributed by atoms with Gasteiger partial charge in [-0.2, -0.15) is 0 Å². The van der Waals surface area contributed by atoms with E-state index >= 15 is 0 Å². The summed E-state index contributed by atoms with van der Waals surface area (Å²) in [4.78, 5) is 13.0. The summed E-state index contributed by atoms with van der Waals surface area (Å²) in [6.07, 6.45) is 0. The number of rotatable bonds is 8. The summed E-state index contributed by atoms with van der Waals surface area (Å²) in [7, 11) is 0.965. The highest BCUT2D eigenvalue weighted by Crippen LogP contribution is 2.37. The second-order valence-electron chi connectivity index (χ2n) is 9.67. The quantitative estimate of drug-likeness (QED) is 0.469. The maximum atomic E-state index is 13.0. The molecular formula is C28H32BNO5. The maximum Gasteiger partial charge on any atom is 0.498 e. The molecule has 6 nitrogen and oxygen atoms in total. The highest BCUT2D eigenvalue weighted by Gasteiger charge is 2.52. The molecule has 1 heterocycles. The van der Waals surface area contributed by atoms with Crippen molar-refractivity contribution in [2.75, 3.05) is 12.4 Å². The highest BCUT2D eigenvalue weighted by atomic mass is 16.7. The molecule has 4 rings (SSSR count). The van der Waals surface area contributed by atoms with E-state index in [1.807, 2.05) is 82.3 Å². The van der Waals surface area contributed by atoms with Gasteiger partial charge >= 0.3 is 7.12 Å². The lowest BCUT2D eigenvalue weighted by molar-refractivity contribution is 0.00578. The van der Waals surface area contributed by atoms with E-state index in [0.717, 1.165) is 11.1 Å². The molecule has 0 atom stereocenters.